The van der Waals surface area contributed by atoms with Crippen LogP contribution in [0.25, 0.3) is 0 Å². The van der Waals surface area contributed by atoms with E-state index in [-0.39, 0.29) is 37.2 Å². The third-order valence-corrected chi connectivity index (χ3v) is 5.44. The fraction of sp³-hybridized carbons (Fsp3) is 0.348. The Labute approximate surface area is 175 Å². The number of rotatable bonds is 5. The van der Waals surface area contributed by atoms with Gasteiger partial charge in [0.2, 0.25) is 17.7 Å². The van der Waals surface area contributed by atoms with Crippen LogP contribution in [0.2, 0.25) is 0 Å². The van der Waals surface area contributed by atoms with Crippen molar-refractivity contribution in [3.8, 4) is 0 Å². The molecule has 158 valence electrons. The average Bonchev–Trinajstić information content (AvgIpc) is 3.08. The van der Waals surface area contributed by atoms with Crippen molar-refractivity contribution in [3.63, 3.8) is 0 Å². The summed E-state index contributed by atoms with van der Waals surface area (Å²) < 4.78 is 13.9. The fourth-order valence-electron chi connectivity index (χ4n) is 3.67. The maximum Gasteiger partial charge on any atom is 0.243 e. The SMILES string of the molecule is Cc1ccc(N2C[C@@H](C(=O)N(C)CC(=O)Nc3c(C)cccc3C)CC2=O)cc1F. The Bertz CT molecular complexity index is 985. The number of nitrogens with one attached hydrogen (secondary N) is 1. The molecule has 0 unspecified atom stereocenters. The van der Waals surface area contributed by atoms with Crippen molar-refractivity contribution in [1.82, 2.24) is 4.90 Å². The van der Waals surface area contributed by atoms with E-state index in [1.165, 1.54) is 15.9 Å². The number of hydrogen-bond acceptors (Lipinski definition) is 3. The second-order valence-electron chi connectivity index (χ2n) is 7.85. The van der Waals surface area contributed by atoms with Crippen molar-refractivity contribution in [1.29, 1.82) is 0 Å². The van der Waals surface area contributed by atoms with Crippen LogP contribution in [0.3, 0.4) is 0 Å². The lowest BCUT2D eigenvalue weighted by Crippen LogP contribution is -2.39. The molecule has 1 N–H and O–H groups in total. The quantitative estimate of drug-likeness (QED) is 0.822. The molecule has 2 aromatic carbocycles. The first-order chi connectivity index (χ1) is 14.2. The second kappa shape index (κ2) is 8.65. The summed E-state index contributed by atoms with van der Waals surface area (Å²) in [5.74, 6) is -1.78. The number of benzene rings is 2. The molecule has 0 saturated carbocycles. The number of anilines is 2. The first-order valence-electron chi connectivity index (χ1n) is 9.85. The van der Waals surface area contributed by atoms with Crippen molar-refractivity contribution in [2.45, 2.75) is 27.2 Å². The third-order valence-electron chi connectivity index (χ3n) is 5.44. The minimum Gasteiger partial charge on any atom is -0.336 e. The molecule has 0 bridgehead atoms. The number of amides is 3. The van der Waals surface area contributed by atoms with Crippen LogP contribution in [-0.4, -0.2) is 42.8 Å². The average molecular weight is 411 g/mol. The van der Waals surface area contributed by atoms with Crippen LogP contribution >= 0.6 is 0 Å². The Kier molecular flexibility index (Phi) is 6.20. The summed E-state index contributed by atoms with van der Waals surface area (Å²) in [5, 5.41) is 2.86. The monoisotopic (exact) mass is 411 g/mol. The molecule has 30 heavy (non-hydrogen) atoms. The number of para-hydroxylation sites is 1. The highest BCUT2D eigenvalue weighted by molar-refractivity contribution is 6.01. The minimum absolute atomic E-state index is 0.0389. The lowest BCUT2D eigenvalue weighted by molar-refractivity contribution is -0.137. The van der Waals surface area contributed by atoms with Crippen LogP contribution in [0.4, 0.5) is 15.8 Å². The number of aryl methyl sites for hydroxylation is 3. The van der Waals surface area contributed by atoms with Crippen LogP contribution < -0.4 is 10.2 Å². The fourth-order valence-corrected chi connectivity index (χ4v) is 3.67. The van der Waals surface area contributed by atoms with Gasteiger partial charge in [-0.05, 0) is 49.6 Å². The molecule has 3 amide bonds. The van der Waals surface area contributed by atoms with E-state index in [9.17, 15) is 18.8 Å². The highest BCUT2D eigenvalue weighted by atomic mass is 19.1. The Morgan fingerprint density at radius 1 is 1.13 bits per heavy atom. The van der Waals surface area contributed by atoms with E-state index >= 15 is 0 Å². The van der Waals surface area contributed by atoms with E-state index in [1.54, 1.807) is 26.1 Å². The third kappa shape index (κ3) is 4.50. The molecule has 2 aromatic rings. The minimum atomic E-state index is -0.570. The van der Waals surface area contributed by atoms with Gasteiger partial charge in [-0.25, -0.2) is 4.39 Å². The van der Waals surface area contributed by atoms with Crippen molar-refractivity contribution < 1.29 is 18.8 Å². The van der Waals surface area contributed by atoms with E-state index < -0.39 is 11.7 Å². The van der Waals surface area contributed by atoms with Gasteiger partial charge in [-0.1, -0.05) is 24.3 Å². The zero-order valence-electron chi connectivity index (χ0n) is 17.7. The van der Waals surface area contributed by atoms with Crippen LogP contribution in [0.1, 0.15) is 23.1 Å². The number of carbonyl (C=O) groups is 3. The molecule has 1 fully saturated rings. The summed E-state index contributed by atoms with van der Waals surface area (Å²) in [4.78, 5) is 40.4. The maximum atomic E-state index is 13.9. The molecular formula is C23H26FN3O3. The van der Waals surface area contributed by atoms with Gasteiger partial charge in [-0.3, -0.25) is 14.4 Å². The molecular weight excluding hydrogens is 385 g/mol. The number of hydrogen-bond donors (Lipinski definition) is 1. The van der Waals surface area contributed by atoms with E-state index in [0.717, 1.165) is 16.8 Å². The molecule has 6 nitrogen and oxygen atoms in total. The second-order valence-corrected chi connectivity index (χ2v) is 7.85. The molecule has 0 spiro atoms. The summed E-state index contributed by atoms with van der Waals surface area (Å²) >= 11 is 0. The first-order valence-corrected chi connectivity index (χ1v) is 9.85. The van der Waals surface area contributed by atoms with Crippen molar-refractivity contribution in [3.05, 3.63) is 58.9 Å². The van der Waals surface area contributed by atoms with E-state index in [4.69, 9.17) is 0 Å². The van der Waals surface area contributed by atoms with Gasteiger partial charge < -0.3 is 15.1 Å². The standard InChI is InChI=1S/C23H26FN3O3/c1-14-8-9-18(11-19(14)24)27-12-17(10-21(27)29)23(30)26(4)13-20(28)25-22-15(2)6-5-7-16(22)3/h5-9,11,17H,10,12-13H2,1-4H3,(H,25,28)/t17-/m0/s1. The van der Waals surface area contributed by atoms with Gasteiger partial charge in [-0.15, -0.1) is 0 Å². The summed E-state index contributed by atoms with van der Waals surface area (Å²) in [5.41, 5.74) is 3.56. The van der Waals surface area contributed by atoms with Crippen molar-refractivity contribution >= 4 is 29.1 Å². The molecule has 1 heterocycles. The summed E-state index contributed by atoms with van der Waals surface area (Å²) in [6, 6.07) is 10.3. The Morgan fingerprint density at radius 2 is 1.80 bits per heavy atom. The van der Waals surface area contributed by atoms with E-state index in [2.05, 4.69) is 5.32 Å². The number of halogens is 1. The van der Waals surface area contributed by atoms with Gasteiger partial charge in [0.25, 0.3) is 0 Å². The summed E-state index contributed by atoms with van der Waals surface area (Å²) in [7, 11) is 1.55. The van der Waals surface area contributed by atoms with E-state index in [0.29, 0.717) is 11.3 Å². The number of likely N-dealkylation sites (N-methyl/N-ethyl adjacent to an activating group) is 1. The molecule has 1 aliphatic heterocycles. The smallest absolute Gasteiger partial charge is 0.243 e. The van der Waals surface area contributed by atoms with Gasteiger partial charge in [0, 0.05) is 31.4 Å². The highest BCUT2D eigenvalue weighted by Crippen LogP contribution is 2.27. The molecule has 1 aliphatic rings. The largest absolute Gasteiger partial charge is 0.336 e. The Balaban J connectivity index is 1.62. The Hall–Kier alpha value is -3.22. The molecule has 3 rings (SSSR count). The van der Waals surface area contributed by atoms with Crippen LogP contribution in [0, 0.1) is 32.5 Å². The summed E-state index contributed by atoms with van der Waals surface area (Å²) in [6.45, 7) is 5.52. The van der Waals surface area contributed by atoms with Crippen LogP contribution in [0.15, 0.2) is 36.4 Å². The molecule has 0 aliphatic carbocycles. The number of carbonyl (C=O) groups excluding carboxylic acids is 3. The van der Waals surface area contributed by atoms with Gasteiger partial charge in [0.1, 0.15) is 5.82 Å². The van der Waals surface area contributed by atoms with Crippen molar-refractivity contribution in [2.24, 2.45) is 5.92 Å². The Morgan fingerprint density at radius 3 is 2.43 bits per heavy atom. The molecule has 1 saturated heterocycles. The molecule has 7 heteroatoms. The van der Waals surface area contributed by atoms with Crippen molar-refractivity contribution in [2.75, 3.05) is 30.4 Å². The van der Waals surface area contributed by atoms with Gasteiger partial charge >= 0.3 is 0 Å². The normalized spacial score (nSPS) is 16.0. The molecule has 0 radical (unpaired) electrons. The maximum absolute atomic E-state index is 13.9. The van der Waals surface area contributed by atoms with Gasteiger partial charge in [0.05, 0.1) is 12.5 Å². The van der Waals surface area contributed by atoms with Crippen LogP contribution in [0.5, 0.6) is 0 Å². The topological polar surface area (TPSA) is 69.7 Å². The molecule has 0 aromatic heterocycles. The summed E-state index contributed by atoms with van der Waals surface area (Å²) in [6.07, 6.45) is 0.0389. The van der Waals surface area contributed by atoms with Gasteiger partial charge in [0.15, 0.2) is 0 Å². The van der Waals surface area contributed by atoms with Crippen LogP contribution in [-0.2, 0) is 14.4 Å². The first kappa shape index (κ1) is 21.5. The predicted molar refractivity (Wildman–Crippen MR) is 114 cm³/mol. The van der Waals surface area contributed by atoms with E-state index in [1.807, 2.05) is 32.0 Å². The van der Waals surface area contributed by atoms with Gasteiger partial charge in [-0.2, -0.15) is 0 Å². The lowest BCUT2D eigenvalue weighted by atomic mass is 10.1. The lowest BCUT2D eigenvalue weighted by Gasteiger charge is -2.22. The highest BCUT2D eigenvalue weighted by Gasteiger charge is 2.37. The number of nitrogens with zero attached hydrogens (tertiary/aromatic N) is 2. The predicted octanol–water partition coefficient (Wildman–Crippen LogP) is 3.20. The zero-order chi connectivity index (χ0) is 22.0. The molecule has 1 atom stereocenters. The zero-order valence-corrected chi connectivity index (χ0v) is 17.7.